The molecule has 0 N–H and O–H groups in total. The van der Waals surface area contributed by atoms with E-state index in [0.717, 1.165) is 35.5 Å². The Balaban J connectivity index is 1.85. The van der Waals surface area contributed by atoms with Crippen molar-refractivity contribution in [2.24, 2.45) is 0 Å². The van der Waals surface area contributed by atoms with Crippen molar-refractivity contribution in [1.82, 2.24) is 4.90 Å². The van der Waals surface area contributed by atoms with Gasteiger partial charge in [-0.1, -0.05) is 30.9 Å². The average molecular weight is 250 g/mol. The van der Waals surface area contributed by atoms with E-state index >= 15 is 0 Å². The Kier molecular flexibility index (Phi) is 2.83. The number of halogens is 1. The Morgan fingerprint density at radius 1 is 1.18 bits per heavy atom. The highest BCUT2D eigenvalue weighted by molar-refractivity contribution is 6.30. The Morgan fingerprint density at radius 3 is 2.71 bits per heavy atom. The first-order valence-electron chi connectivity index (χ1n) is 6.35. The van der Waals surface area contributed by atoms with Crippen LogP contribution in [0.3, 0.4) is 0 Å². The van der Waals surface area contributed by atoms with Crippen molar-refractivity contribution >= 4 is 17.5 Å². The van der Waals surface area contributed by atoms with Gasteiger partial charge in [0.25, 0.3) is 5.91 Å². The molecule has 0 aromatic heterocycles. The summed E-state index contributed by atoms with van der Waals surface area (Å²) < 4.78 is 0. The molecule has 1 aliphatic heterocycles. The van der Waals surface area contributed by atoms with E-state index in [-0.39, 0.29) is 5.91 Å². The van der Waals surface area contributed by atoms with Crippen molar-refractivity contribution in [1.29, 1.82) is 0 Å². The van der Waals surface area contributed by atoms with E-state index in [1.807, 2.05) is 23.1 Å². The Bertz CT molecular complexity index is 452. The molecular formula is C14H16ClNO. The molecule has 90 valence electrons. The Morgan fingerprint density at radius 2 is 1.94 bits per heavy atom. The summed E-state index contributed by atoms with van der Waals surface area (Å²) in [5.41, 5.74) is 1.94. The van der Waals surface area contributed by atoms with Gasteiger partial charge in [-0.3, -0.25) is 4.79 Å². The lowest BCUT2D eigenvalue weighted by Gasteiger charge is -2.30. The summed E-state index contributed by atoms with van der Waals surface area (Å²) in [6.07, 6.45) is 6.15. The average Bonchev–Trinajstić information content (AvgIpc) is 2.67. The topological polar surface area (TPSA) is 20.3 Å². The molecule has 2 nitrogen and oxygen atoms in total. The summed E-state index contributed by atoms with van der Waals surface area (Å²) in [5, 5.41) is 0.724. The number of hydrogen-bond acceptors (Lipinski definition) is 1. The maximum atomic E-state index is 12.3. The molecule has 0 saturated heterocycles. The van der Waals surface area contributed by atoms with Crippen molar-refractivity contribution in [2.45, 2.75) is 44.7 Å². The molecule has 1 aliphatic carbocycles. The van der Waals surface area contributed by atoms with Gasteiger partial charge in [0, 0.05) is 23.2 Å². The van der Waals surface area contributed by atoms with Crippen LogP contribution < -0.4 is 0 Å². The van der Waals surface area contributed by atoms with Gasteiger partial charge in [0.2, 0.25) is 0 Å². The number of nitrogens with zero attached hydrogens (tertiary/aromatic N) is 1. The summed E-state index contributed by atoms with van der Waals surface area (Å²) in [7, 11) is 0. The number of amides is 1. The number of hydrogen-bond donors (Lipinski definition) is 0. The van der Waals surface area contributed by atoms with Crippen molar-refractivity contribution in [3.05, 3.63) is 34.3 Å². The fourth-order valence-electron chi connectivity index (χ4n) is 3.00. The van der Waals surface area contributed by atoms with E-state index in [1.54, 1.807) is 0 Å². The highest BCUT2D eigenvalue weighted by Gasteiger charge is 2.33. The van der Waals surface area contributed by atoms with Crippen LogP contribution in [0, 0.1) is 0 Å². The van der Waals surface area contributed by atoms with Crippen LogP contribution >= 0.6 is 11.6 Å². The van der Waals surface area contributed by atoms with Crippen LogP contribution in [-0.4, -0.2) is 16.8 Å². The second kappa shape index (κ2) is 4.34. The highest BCUT2D eigenvalue weighted by Crippen LogP contribution is 2.31. The van der Waals surface area contributed by atoms with Crippen molar-refractivity contribution in [3.8, 4) is 0 Å². The van der Waals surface area contributed by atoms with Gasteiger partial charge in [0.1, 0.15) is 0 Å². The van der Waals surface area contributed by atoms with E-state index in [0.29, 0.717) is 6.04 Å². The summed E-state index contributed by atoms with van der Waals surface area (Å²) >= 11 is 5.97. The lowest BCUT2D eigenvalue weighted by atomic mass is 9.94. The zero-order valence-electron chi connectivity index (χ0n) is 9.79. The molecule has 0 radical (unpaired) electrons. The summed E-state index contributed by atoms with van der Waals surface area (Å²) in [6, 6.07) is 6.05. The molecule has 1 aromatic rings. The van der Waals surface area contributed by atoms with Crippen LogP contribution in [-0.2, 0) is 6.54 Å². The van der Waals surface area contributed by atoms with Gasteiger partial charge in [0.15, 0.2) is 0 Å². The van der Waals surface area contributed by atoms with Gasteiger partial charge in [-0.25, -0.2) is 0 Å². The first-order valence-corrected chi connectivity index (χ1v) is 6.73. The molecule has 0 atom stereocenters. The van der Waals surface area contributed by atoms with E-state index in [4.69, 9.17) is 11.6 Å². The molecule has 1 heterocycles. The van der Waals surface area contributed by atoms with Gasteiger partial charge in [-0.15, -0.1) is 0 Å². The molecule has 3 rings (SSSR count). The molecule has 17 heavy (non-hydrogen) atoms. The van der Waals surface area contributed by atoms with Gasteiger partial charge in [-0.05, 0) is 36.6 Å². The number of carbonyl (C=O) groups is 1. The SMILES string of the molecule is O=C1c2ccc(Cl)cc2CN1C1CCCCC1. The van der Waals surface area contributed by atoms with Crippen molar-refractivity contribution in [3.63, 3.8) is 0 Å². The minimum absolute atomic E-state index is 0.198. The van der Waals surface area contributed by atoms with Gasteiger partial charge in [0.05, 0.1) is 0 Å². The number of fused-ring (bicyclic) bond motifs is 1. The number of rotatable bonds is 1. The molecule has 0 unspecified atom stereocenters. The zero-order chi connectivity index (χ0) is 11.8. The maximum absolute atomic E-state index is 12.3. The van der Waals surface area contributed by atoms with Gasteiger partial charge in [-0.2, -0.15) is 0 Å². The third kappa shape index (κ3) is 1.95. The van der Waals surface area contributed by atoms with Gasteiger partial charge >= 0.3 is 0 Å². The third-order valence-electron chi connectivity index (χ3n) is 3.91. The first kappa shape index (κ1) is 11.1. The van der Waals surface area contributed by atoms with Crippen LogP contribution in [0.25, 0.3) is 0 Å². The number of carbonyl (C=O) groups excluding carboxylic acids is 1. The number of benzene rings is 1. The summed E-state index contributed by atoms with van der Waals surface area (Å²) in [5.74, 6) is 0.198. The zero-order valence-corrected chi connectivity index (χ0v) is 10.5. The second-order valence-electron chi connectivity index (χ2n) is 5.03. The lowest BCUT2D eigenvalue weighted by Crippen LogP contribution is -2.36. The smallest absolute Gasteiger partial charge is 0.254 e. The fourth-order valence-corrected chi connectivity index (χ4v) is 3.19. The quantitative estimate of drug-likeness (QED) is 0.744. The fraction of sp³-hybridized carbons (Fsp3) is 0.500. The standard InChI is InChI=1S/C14H16ClNO/c15-11-6-7-13-10(8-11)9-16(14(13)17)12-4-2-1-3-5-12/h6-8,12H,1-5,9H2. The first-order chi connectivity index (χ1) is 8.25. The minimum Gasteiger partial charge on any atom is -0.331 e. The molecule has 1 fully saturated rings. The summed E-state index contributed by atoms with van der Waals surface area (Å²) in [6.45, 7) is 0.749. The van der Waals surface area contributed by atoms with E-state index in [9.17, 15) is 4.79 Å². The summed E-state index contributed by atoms with van der Waals surface area (Å²) in [4.78, 5) is 14.3. The Hall–Kier alpha value is -1.02. The van der Waals surface area contributed by atoms with Crippen molar-refractivity contribution in [2.75, 3.05) is 0 Å². The lowest BCUT2D eigenvalue weighted by molar-refractivity contribution is 0.0660. The van der Waals surface area contributed by atoms with Crippen LogP contribution in [0.1, 0.15) is 48.0 Å². The molecule has 1 aromatic carbocycles. The predicted molar refractivity (Wildman–Crippen MR) is 68.2 cm³/mol. The van der Waals surface area contributed by atoms with Gasteiger partial charge < -0.3 is 4.90 Å². The molecule has 0 spiro atoms. The van der Waals surface area contributed by atoms with Crippen LogP contribution in [0.15, 0.2) is 18.2 Å². The van der Waals surface area contributed by atoms with E-state index < -0.39 is 0 Å². The normalized spacial score (nSPS) is 20.8. The molecular weight excluding hydrogens is 234 g/mol. The van der Waals surface area contributed by atoms with Crippen LogP contribution in [0.4, 0.5) is 0 Å². The van der Waals surface area contributed by atoms with E-state index in [2.05, 4.69) is 0 Å². The monoisotopic (exact) mass is 249 g/mol. The van der Waals surface area contributed by atoms with Crippen LogP contribution in [0.5, 0.6) is 0 Å². The molecule has 1 saturated carbocycles. The minimum atomic E-state index is 0.198. The highest BCUT2D eigenvalue weighted by atomic mass is 35.5. The molecule has 1 amide bonds. The third-order valence-corrected chi connectivity index (χ3v) is 4.15. The van der Waals surface area contributed by atoms with Crippen LogP contribution in [0.2, 0.25) is 5.02 Å². The second-order valence-corrected chi connectivity index (χ2v) is 5.46. The van der Waals surface area contributed by atoms with Crippen molar-refractivity contribution < 1.29 is 4.79 Å². The Labute approximate surface area is 107 Å². The molecule has 3 heteroatoms. The molecule has 0 bridgehead atoms. The largest absolute Gasteiger partial charge is 0.331 e. The molecule has 2 aliphatic rings. The maximum Gasteiger partial charge on any atom is 0.254 e. The van der Waals surface area contributed by atoms with E-state index in [1.165, 1.54) is 19.3 Å². The predicted octanol–water partition coefficient (Wildman–Crippen LogP) is 3.63.